The highest BCUT2D eigenvalue weighted by molar-refractivity contribution is 7.98. The zero-order valence-corrected chi connectivity index (χ0v) is 7.62. The average Bonchev–Trinajstić information content (AvgIpc) is 1.98. The van der Waals surface area contributed by atoms with E-state index in [9.17, 15) is 0 Å². The standard InChI is InChI=1S/C7H17NOS/c1-9-4-3-7(5-8)6-10-2/h7H,3-6,8H2,1-2H3. The third kappa shape index (κ3) is 5.09. The summed E-state index contributed by atoms with van der Waals surface area (Å²) < 4.78 is 4.96. The minimum Gasteiger partial charge on any atom is -0.385 e. The van der Waals surface area contributed by atoms with Crippen molar-refractivity contribution in [3.8, 4) is 0 Å². The fraction of sp³-hybridized carbons (Fsp3) is 1.00. The molecule has 62 valence electrons. The molecule has 0 spiro atoms. The Morgan fingerprint density at radius 3 is 2.70 bits per heavy atom. The second-order valence-corrected chi connectivity index (χ2v) is 3.25. The van der Waals surface area contributed by atoms with Crippen molar-refractivity contribution in [3.63, 3.8) is 0 Å². The van der Waals surface area contributed by atoms with Crippen LogP contribution < -0.4 is 5.73 Å². The zero-order valence-electron chi connectivity index (χ0n) is 6.80. The third-order valence-electron chi connectivity index (χ3n) is 1.47. The van der Waals surface area contributed by atoms with Gasteiger partial charge in [-0.1, -0.05) is 0 Å². The topological polar surface area (TPSA) is 35.2 Å². The Bertz CT molecular complexity index is 70.6. The predicted octanol–water partition coefficient (Wildman–Crippen LogP) is 0.961. The van der Waals surface area contributed by atoms with Gasteiger partial charge in [-0.05, 0) is 30.9 Å². The van der Waals surface area contributed by atoms with E-state index in [0.717, 1.165) is 25.3 Å². The van der Waals surface area contributed by atoms with Gasteiger partial charge < -0.3 is 10.5 Å². The summed E-state index contributed by atoms with van der Waals surface area (Å²) in [7, 11) is 1.73. The quantitative estimate of drug-likeness (QED) is 0.633. The lowest BCUT2D eigenvalue weighted by atomic mass is 10.1. The van der Waals surface area contributed by atoms with Crippen LogP contribution in [-0.2, 0) is 4.74 Å². The van der Waals surface area contributed by atoms with Crippen molar-refractivity contribution in [2.45, 2.75) is 6.42 Å². The van der Waals surface area contributed by atoms with E-state index in [0.29, 0.717) is 5.92 Å². The van der Waals surface area contributed by atoms with Crippen LogP contribution in [0.5, 0.6) is 0 Å². The third-order valence-corrected chi connectivity index (χ3v) is 2.27. The summed E-state index contributed by atoms with van der Waals surface area (Å²) in [5, 5.41) is 0. The van der Waals surface area contributed by atoms with Gasteiger partial charge in [-0.3, -0.25) is 0 Å². The van der Waals surface area contributed by atoms with Crippen molar-refractivity contribution in [3.05, 3.63) is 0 Å². The molecule has 0 amide bonds. The SMILES string of the molecule is COCCC(CN)CSC. The number of methoxy groups -OCH3 is 1. The number of ether oxygens (including phenoxy) is 1. The Labute approximate surface area is 67.5 Å². The lowest BCUT2D eigenvalue weighted by molar-refractivity contribution is 0.182. The maximum absolute atomic E-state index is 5.53. The van der Waals surface area contributed by atoms with Crippen LogP contribution >= 0.6 is 11.8 Å². The van der Waals surface area contributed by atoms with Crippen LogP contribution in [0.25, 0.3) is 0 Å². The van der Waals surface area contributed by atoms with Crippen molar-refractivity contribution in [1.82, 2.24) is 0 Å². The van der Waals surface area contributed by atoms with Gasteiger partial charge >= 0.3 is 0 Å². The van der Waals surface area contributed by atoms with E-state index in [2.05, 4.69) is 6.26 Å². The van der Waals surface area contributed by atoms with Crippen LogP contribution in [0.1, 0.15) is 6.42 Å². The molecule has 0 radical (unpaired) electrons. The molecular weight excluding hydrogens is 146 g/mol. The Kier molecular flexibility index (Phi) is 7.58. The molecule has 0 rings (SSSR count). The van der Waals surface area contributed by atoms with Crippen molar-refractivity contribution in [1.29, 1.82) is 0 Å². The van der Waals surface area contributed by atoms with E-state index in [1.807, 2.05) is 11.8 Å². The molecule has 0 saturated heterocycles. The van der Waals surface area contributed by atoms with Crippen LogP contribution in [0.2, 0.25) is 0 Å². The summed E-state index contributed by atoms with van der Waals surface area (Å²) in [6, 6.07) is 0. The molecule has 0 fully saturated rings. The maximum Gasteiger partial charge on any atom is 0.0465 e. The van der Waals surface area contributed by atoms with Crippen molar-refractivity contribution < 1.29 is 4.74 Å². The first-order valence-corrected chi connectivity index (χ1v) is 4.92. The van der Waals surface area contributed by atoms with Gasteiger partial charge in [0.05, 0.1) is 0 Å². The van der Waals surface area contributed by atoms with E-state index in [4.69, 9.17) is 10.5 Å². The molecule has 1 unspecified atom stereocenters. The van der Waals surface area contributed by atoms with E-state index < -0.39 is 0 Å². The van der Waals surface area contributed by atoms with Gasteiger partial charge in [-0.15, -0.1) is 0 Å². The molecule has 0 aromatic carbocycles. The number of nitrogens with two attached hydrogens (primary N) is 1. The minimum atomic E-state index is 0.634. The molecule has 2 N–H and O–H groups in total. The number of hydrogen-bond acceptors (Lipinski definition) is 3. The molecule has 1 atom stereocenters. The largest absolute Gasteiger partial charge is 0.385 e. The second-order valence-electron chi connectivity index (χ2n) is 2.34. The number of hydrogen-bond donors (Lipinski definition) is 1. The van der Waals surface area contributed by atoms with Crippen LogP contribution in [0, 0.1) is 5.92 Å². The smallest absolute Gasteiger partial charge is 0.0465 e. The zero-order chi connectivity index (χ0) is 7.82. The van der Waals surface area contributed by atoms with Crippen molar-refractivity contribution >= 4 is 11.8 Å². The molecule has 0 aromatic heterocycles. The van der Waals surface area contributed by atoms with Crippen LogP contribution in [-0.4, -0.2) is 32.3 Å². The Balaban J connectivity index is 3.21. The highest BCUT2D eigenvalue weighted by Crippen LogP contribution is 2.07. The molecule has 0 aromatic rings. The number of thioether (sulfide) groups is 1. The average molecular weight is 163 g/mol. The summed E-state index contributed by atoms with van der Waals surface area (Å²) in [5.41, 5.74) is 5.53. The molecule has 0 heterocycles. The first-order valence-electron chi connectivity index (χ1n) is 3.53. The van der Waals surface area contributed by atoms with Gasteiger partial charge in [0.25, 0.3) is 0 Å². The molecule has 0 aliphatic heterocycles. The highest BCUT2D eigenvalue weighted by Gasteiger charge is 2.03. The fourth-order valence-corrected chi connectivity index (χ4v) is 1.56. The maximum atomic E-state index is 5.53. The van der Waals surface area contributed by atoms with Crippen LogP contribution in [0.15, 0.2) is 0 Å². The summed E-state index contributed by atoms with van der Waals surface area (Å²) in [6.45, 7) is 1.62. The summed E-state index contributed by atoms with van der Waals surface area (Å²) in [4.78, 5) is 0. The van der Waals surface area contributed by atoms with Crippen molar-refractivity contribution in [2.24, 2.45) is 11.7 Å². The van der Waals surface area contributed by atoms with Gasteiger partial charge in [-0.2, -0.15) is 11.8 Å². The Hall–Kier alpha value is 0.270. The lowest BCUT2D eigenvalue weighted by Gasteiger charge is -2.11. The Morgan fingerprint density at radius 2 is 2.30 bits per heavy atom. The second kappa shape index (κ2) is 7.38. The number of rotatable bonds is 6. The predicted molar refractivity (Wildman–Crippen MR) is 47.4 cm³/mol. The molecule has 2 nitrogen and oxygen atoms in total. The van der Waals surface area contributed by atoms with Crippen LogP contribution in [0.4, 0.5) is 0 Å². The molecule has 3 heteroatoms. The van der Waals surface area contributed by atoms with Crippen molar-refractivity contribution in [2.75, 3.05) is 32.3 Å². The van der Waals surface area contributed by atoms with E-state index in [1.54, 1.807) is 7.11 Å². The van der Waals surface area contributed by atoms with Gasteiger partial charge in [0.2, 0.25) is 0 Å². The molecule has 0 aliphatic carbocycles. The molecule has 0 saturated carbocycles. The first-order chi connectivity index (χ1) is 4.85. The lowest BCUT2D eigenvalue weighted by Crippen LogP contribution is -2.18. The summed E-state index contributed by atoms with van der Waals surface area (Å²) >= 11 is 1.85. The molecular formula is C7H17NOS. The van der Waals surface area contributed by atoms with E-state index in [-0.39, 0.29) is 0 Å². The van der Waals surface area contributed by atoms with Gasteiger partial charge in [0.1, 0.15) is 0 Å². The molecule has 0 aliphatic rings. The van der Waals surface area contributed by atoms with Gasteiger partial charge in [-0.25, -0.2) is 0 Å². The van der Waals surface area contributed by atoms with E-state index >= 15 is 0 Å². The Morgan fingerprint density at radius 1 is 1.60 bits per heavy atom. The summed E-state index contributed by atoms with van der Waals surface area (Å²) in [6.07, 6.45) is 3.20. The summed E-state index contributed by atoms with van der Waals surface area (Å²) in [5.74, 6) is 1.79. The van der Waals surface area contributed by atoms with Gasteiger partial charge in [0, 0.05) is 13.7 Å². The highest BCUT2D eigenvalue weighted by atomic mass is 32.2. The normalized spacial score (nSPS) is 13.5. The van der Waals surface area contributed by atoms with Gasteiger partial charge in [0.15, 0.2) is 0 Å². The monoisotopic (exact) mass is 163 g/mol. The molecule has 10 heavy (non-hydrogen) atoms. The molecule has 0 bridgehead atoms. The minimum absolute atomic E-state index is 0.634. The van der Waals surface area contributed by atoms with E-state index in [1.165, 1.54) is 0 Å². The first kappa shape index (κ1) is 10.3. The fourth-order valence-electron chi connectivity index (χ4n) is 0.789. The van der Waals surface area contributed by atoms with Crippen LogP contribution in [0.3, 0.4) is 0 Å².